The van der Waals surface area contributed by atoms with Crippen LogP contribution in [0.1, 0.15) is 46.5 Å². The summed E-state index contributed by atoms with van der Waals surface area (Å²) in [5.74, 6) is 1.20. The number of carbonyl (C=O) groups excluding carboxylic acids is 1. The van der Waals surface area contributed by atoms with Gasteiger partial charge in [0.25, 0.3) is 0 Å². The van der Waals surface area contributed by atoms with E-state index in [1.807, 2.05) is 0 Å². The highest BCUT2D eigenvalue weighted by atomic mass is 16.5. The van der Waals surface area contributed by atoms with E-state index in [1.54, 1.807) is 0 Å². The molecule has 2 aliphatic rings. The number of hydrogen-bond donors (Lipinski definition) is 2. The Hall–Kier alpha value is -0.610. The Kier molecular flexibility index (Phi) is 5.44. The van der Waals surface area contributed by atoms with E-state index >= 15 is 0 Å². The molecule has 1 amide bonds. The number of carbonyl (C=O) groups is 1. The van der Waals surface area contributed by atoms with Crippen molar-refractivity contribution in [3.8, 4) is 0 Å². The highest BCUT2D eigenvalue weighted by Gasteiger charge is 2.32. The molecule has 1 unspecified atom stereocenters. The molecule has 1 atom stereocenters. The molecule has 0 aromatic carbocycles. The fraction of sp³-hybridized carbons (Fsp3) is 0.938. The van der Waals surface area contributed by atoms with Crippen molar-refractivity contribution >= 4 is 5.91 Å². The molecule has 2 rings (SSSR count). The van der Waals surface area contributed by atoms with Gasteiger partial charge in [-0.1, -0.05) is 20.8 Å². The van der Waals surface area contributed by atoms with E-state index in [4.69, 9.17) is 4.74 Å². The predicted octanol–water partition coefficient (Wildman–Crippen LogP) is 1.94. The van der Waals surface area contributed by atoms with Crippen molar-refractivity contribution in [2.45, 2.75) is 52.6 Å². The fourth-order valence-corrected chi connectivity index (χ4v) is 3.33. The zero-order chi connectivity index (χ0) is 14.6. The normalized spacial score (nSPS) is 31.9. The summed E-state index contributed by atoms with van der Waals surface area (Å²) in [5.41, 5.74) is 0.378. The second-order valence-electron chi connectivity index (χ2n) is 7.36. The van der Waals surface area contributed by atoms with Gasteiger partial charge in [0.05, 0.1) is 12.7 Å². The molecule has 2 fully saturated rings. The van der Waals surface area contributed by atoms with Gasteiger partial charge < -0.3 is 15.4 Å². The van der Waals surface area contributed by atoms with Crippen LogP contribution in [0.2, 0.25) is 0 Å². The first kappa shape index (κ1) is 15.8. The van der Waals surface area contributed by atoms with Crippen LogP contribution in [0.5, 0.6) is 0 Å². The smallest absolute Gasteiger partial charge is 0.223 e. The van der Waals surface area contributed by atoms with Crippen LogP contribution in [0, 0.1) is 17.3 Å². The van der Waals surface area contributed by atoms with Crippen molar-refractivity contribution in [2.24, 2.45) is 17.3 Å². The van der Waals surface area contributed by atoms with Crippen molar-refractivity contribution in [1.29, 1.82) is 0 Å². The second kappa shape index (κ2) is 6.90. The third-order valence-corrected chi connectivity index (χ3v) is 4.83. The van der Waals surface area contributed by atoms with Gasteiger partial charge in [-0.05, 0) is 37.0 Å². The summed E-state index contributed by atoms with van der Waals surface area (Å²) in [6.45, 7) is 10.1. The van der Waals surface area contributed by atoms with E-state index in [1.165, 1.54) is 12.8 Å². The van der Waals surface area contributed by atoms with Crippen LogP contribution in [0.3, 0.4) is 0 Å². The SMILES string of the molecule is CC(C)(C)C1CCC(C(=O)NCC2CNCCO2)CC1. The molecule has 1 saturated carbocycles. The average Bonchev–Trinajstić information content (AvgIpc) is 2.45. The van der Waals surface area contributed by atoms with Gasteiger partial charge in [-0.15, -0.1) is 0 Å². The first-order chi connectivity index (χ1) is 9.47. The zero-order valence-electron chi connectivity index (χ0n) is 13.2. The minimum absolute atomic E-state index is 0.138. The van der Waals surface area contributed by atoms with Crippen LogP contribution in [-0.2, 0) is 9.53 Å². The molecule has 1 aliphatic heterocycles. The highest BCUT2D eigenvalue weighted by molar-refractivity contribution is 5.78. The second-order valence-corrected chi connectivity index (χ2v) is 7.36. The van der Waals surface area contributed by atoms with Gasteiger partial charge in [0.2, 0.25) is 5.91 Å². The fourth-order valence-electron chi connectivity index (χ4n) is 3.33. The Balaban J connectivity index is 1.69. The molecular weight excluding hydrogens is 252 g/mol. The zero-order valence-corrected chi connectivity index (χ0v) is 13.2. The molecule has 1 aliphatic carbocycles. The quantitative estimate of drug-likeness (QED) is 0.832. The van der Waals surface area contributed by atoms with Crippen LogP contribution in [0.4, 0.5) is 0 Å². The summed E-state index contributed by atoms with van der Waals surface area (Å²) < 4.78 is 5.60. The van der Waals surface area contributed by atoms with E-state index in [-0.39, 0.29) is 17.9 Å². The van der Waals surface area contributed by atoms with Gasteiger partial charge in [0.15, 0.2) is 0 Å². The van der Waals surface area contributed by atoms with E-state index < -0.39 is 0 Å². The molecule has 1 saturated heterocycles. The number of hydrogen-bond acceptors (Lipinski definition) is 3. The molecule has 20 heavy (non-hydrogen) atoms. The van der Waals surface area contributed by atoms with Crippen molar-refractivity contribution in [3.05, 3.63) is 0 Å². The number of ether oxygens (including phenoxy) is 1. The number of amides is 1. The largest absolute Gasteiger partial charge is 0.374 e. The summed E-state index contributed by atoms with van der Waals surface area (Å²) in [5, 5.41) is 6.36. The average molecular weight is 282 g/mol. The van der Waals surface area contributed by atoms with Crippen LogP contribution < -0.4 is 10.6 Å². The lowest BCUT2D eigenvalue weighted by Crippen LogP contribution is -2.46. The van der Waals surface area contributed by atoms with E-state index in [0.717, 1.165) is 38.5 Å². The van der Waals surface area contributed by atoms with Crippen molar-refractivity contribution < 1.29 is 9.53 Å². The third kappa shape index (κ3) is 4.45. The minimum Gasteiger partial charge on any atom is -0.374 e. The number of nitrogens with one attached hydrogen (secondary N) is 2. The van der Waals surface area contributed by atoms with Gasteiger partial charge in [0.1, 0.15) is 0 Å². The molecule has 0 spiro atoms. The topological polar surface area (TPSA) is 50.4 Å². The number of morpholine rings is 1. The maximum atomic E-state index is 12.2. The van der Waals surface area contributed by atoms with E-state index in [2.05, 4.69) is 31.4 Å². The highest BCUT2D eigenvalue weighted by Crippen LogP contribution is 2.39. The standard InChI is InChI=1S/C16H30N2O2/c1-16(2,3)13-6-4-12(5-7-13)15(19)18-11-14-10-17-8-9-20-14/h12-14,17H,4-11H2,1-3H3,(H,18,19). The van der Waals surface area contributed by atoms with Crippen LogP contribution >= 0.6 is 0 Å². The maximum absolute atomic E-state index is 12.2. The molecule has 116 valence electrons. The van der Waals surface area contributed by atoms with Crippen molar-refractivity contribution in [2.75, 3.05) is 26.2 Å². The Bertz CT molecular complexity index is 311. The van der Waals surface area contributed by atoms with Gasteiger partial charge in [-0.25, -0.2) is 0 Å². The van der Waals surface area contributed by atoms with Gasteiger partial charge in [-0.3, -0.25) is 4.79 Å². The van der Waals surface area contributed by atoms with E-state index in [9.17, 15) is 4.79 Å². The van der Waals surface area contributed by atoms with E-state index in [0.29, 0.717) is 12.0 Å². The lowest BCUT2D eigenvalue weighted by molar-refractivity contribution is -0.127. The summed E-state index contributed by atoms with van der Waals surface area (Å²) >= 11 is 0. The molecule has 0 aromatic rings. The molecule has 4 nitrogen and oxygen atoms in total. The summed E-state index contributed by atoms with van der Waals surface area (Å²) in [6, 6.07) is 0. The molecule has 0 aromatic heterocycles. The lowest BCUT2D eigenvalue weighted by Gasteiger charge is -2.36. The molecule has 0 bridgehead atoms. The van der Waals surface area contributed by atoms with Gasteiger partial charge in [-0.2, -0.15) is 0 Å². The van der Waals surface area contributed by atoms with Gasteiger partial charge >= 0.3 is 0 Å². The summed E-state index contributed by atoms with van der Waals surface area (Å²) in [6.07, 6.45) is 4.58. The number of rotatable bonds is 3. The molecular formula is C16H30N2O2. The maximum Gasteiger partial charge on any atom is 0.223 e. The van der Waals surface area contributed by atoms with Crippen LogP contribution in [-0.4, -0.2) is 38.3 Å². The van der Waals surface area contributed by atoms with Crippen LogP contribution in [0.25, 0.3) is 0 Å². The molecule has 4 heteroatoms. The minimum atomic E-state index is 0.138. The van der Waals surface area contributed by atoms with Crippen LogP contribution in [0.15, 0.2) is 0 Å². The Morgan fingerprint density at radius 2 is 1.95 bits per heavy atom. The first-order valence-electron chi connectivity index (χ1n) is 8.07. The van der Waals surface area contributed by atoms with Crippen molar-refractivity contribution in [1.82, 2.24) is 10.6 Å². The Morgan fingerprint density at radius 3 is 2.50 bits per heavy atom. The molecule has 1 heterocycles. The molecule has 0 radical (unpaired) electrons. The Morgan fingerprint density at radius 1 is 1.25 bits per heavy atom. The van der Waals surface area contributed by atoms with Crippen molar-refractivity contribution in [3.63, 3.8) is 0 Å². The summed E-state index contributed by atoms with van der Waals surface area (Å²) in [4.78, 5) is 12.2. The monoisotopic (exact) mass is 282 g/mol. The first-order valence-corrected chi connectivity index (χ1v) is 8.07. The molecule has 2 N–H and O–H groups in total. The lowest BCUT2D eigenvalue weighted by atomic mass is 9.69. The summed E-state index contributed by atoms with van der Waals surface area (Å²) in [7, 11) is 0. The van der Waals surface area contributed by atoms with Gasteiger partial charge in [0, 0.05) is 25.6 Å². The Labute approximate surface area is 123 Å². The predicted molar refractivity (Wildman–Crippen MR) is 80.5 cm³/mol. The third-order valence-electron chi connectivity index (χ3n) is 4.83.